The first kappa shape index (κ1) is 9.73. The molecular formula is C6H9BrN2O2S. The van der Waals surface area contributed by atoms with Gasteiger partial charge >= 0.3 is 0 Å². The lowest BCUT2D eigenvalue weighted by molar-refractivity contribution is 0.598. The first-order chi connectivity index (χ1) is 5.40. The molecule has 68 valence electrons. The lowest BCUT2D eigenvalue weighted by Gasteiger charge is -1.99. The molecule has 0 radical (unpaired) electrons. The number of imidazole rings is 1. The summed E-state index contributed by atoms with van der Waals surface area (Å²) in [6, 6.07) is 0. The molecule has 1 aromatic heterocycles. The Balaban J connectivity index is 2.99. The van der Waals surface area contributed by atoms with Crippen LogP contribution in [0.5, 0.6) is 0 Å². The van der Waals surface area contributed by atoms with Gasteiger partial charge < -0.3 is 4.57 Å². The van der Waals surface area contributed by atoms with Crippen LogP contribution >= 0.6 is 15.9 Å². The van der Waals surface area contributed by atoms with E-state index in [1.165, 1.54) is 6.26 Å². The number of rotatable bonds is 2. The highest BCUT2D eigenvalue weighted by atomic mass is 79.9. The molecular weight excluding hydrogens is 244 g/mol. The highest BCUT2D eigenvalue weighted by Gasteiger charge is 2.10. The van der Waals surface area contributed by atoms with Gasteiger partial charge in [0.1, 0.15) is 16.2 Å². The Kier molecular flexibility index (Phi) is 2.58. The molecule has 0 bridgehead atoms. The summed E-state index contributed by atoms with van der Waals surface area (Å²) in [4.78, 5) is 3.94. The van der Waals surface area contributed by atoms with Gasteiger partial charge in [0, 0.05) is 13.3 Å². The molecule has 0 aliphatic carbocycles. The quantitative estimate of drug-likeness (QED) is 0.780. The van der Waals surface area contributed by atoms with E-state index in [1.54, 1.807) is 17.8 Å². The SMILES string of the molecule is Cn1c(Br)cnc1CS(C)(=O)=O. The molecule has 4 nitrogen and oxygen atoms in total. The molecule has 1 rings (SSSR count). The second-order valence-corrected chi connectivity index (χ2v) is 5.58. The Morgan fingerprint density at radius 3 is 2.58 bits per heavy atom. The number of sulfone groups is 1. The zero-order chi connectivity index (χ0) is 9.35. The second-order valence-electron chi connectivity index (χ2n) is 2.63. The molecule has 0 aromatic carbocycles. The van der Waals surface area contributed by atoms with Crippen molar-refractivity contribution in [3.05, 3.63) is 16.6 Å². The lowest BCUT2D eigenvalue weighted by Crippen LogP contribution is -2.06. The van der Waals surface area contributed by atoms with Gasteiger partial charge in [-0.1, -0.05) is 0 Å². The average molecular weight is 253 g/mol. The predicted octanol–water partition coefficient (Wildman–Crippen LogP) is 0.727. The van der Waals surface area contributed by atoms with E-state index >= 15 is 0 Å². The first-order valence-electron chi connectivity index (χ1n) is 3.24. The minimum atomic E-state index is -2.99. The third-order valence-electron chi connectivity index (χ3n) is 1.42. The summed E-state index contributed by atoms with van der Waals surface area (Å²) in [6.07, 6.45) is 2.77. The van der Waals surface area contributed by atoms with E-state index in [4.69, 9.17) is 0 Å². The van der Waals surface area contributed by atoms with Crippen LogP contribution < -0.4 is 0 Å². The molecule has 0 fully saturated rings. The van der Waals surface area contributed by atoms with Crippen molar-refractivity contribution in [2.45, 2.75) is 5.75 Å². The lowest BCUT2D eigenvalue weighted by atomic mass is 10.7. The fourth-order valence-electron chi connectivity index (χ4n) is 0.793. The van der Waals surface area contributed by atoms with Gasteiger partial charge in [0.25, 0.3) is 0 Å². The van der Waals surface area contributed by atoms with Gasteiger partial charge in [-0.2, -0.15) is 0 Å². The summed E-state index contributed by atoms with van der Waals surface area (Å²) in [5.74, 6) is 0.527. The maximum atomic E-state index is 10.9. The number of aromatic nitrogens is 2. The predicted molar refractivity (Wildman–Crippen MR) is 49.5 cm³/mol. The maximum absolute atomic E-state index is 10.9. The zero-order valence-corrected chi connectivity index (χ0v) is 9.18. The van der Waals surface area contributed by atoms with Gasteiger partial charge in [0.05, 0.1) is 6.20 Å². The van der Waals surface area contributed by atoms with Crippen molar-refractivity contribution >= 4 is 25.8 Å². The molecule has 0 unspecified atom stereocenters. The summed E-state index contributed by atoms with van der Waals surface area (Å²) in [5.41, 5.74) is 0. The van der Waals surface area contributed by atoms with Crippen LogP contribution in [0.4, 0.5) is 0 Å². The van der Waals surface area contributed by atoms with E-state index in [0.29, 0.717) is 5.82 Å². The van der Waals surface area contributed by atoms with E-state index in [1.807, 2.05) is 0 Å². The van der Waals surface area contributed by atoms with Crippen LogP contribution in [-0.4, -0.2) is 24.2 Å². The summed E-state index contributed by atoms with van der Waals surface area (Å²) < 4.78 is 24.3. The van der Waals surface area contributed by atoms with Crippen LogP contribution in [0.25, 0.3) is 0 Å². The fourth-order valence-corrected chi connectivity index (χ4v) is 1.84. The van der Waals surface area contributed by atoms with Crippen molar-refractivity contribution in [2.75, 3.05) is 6.26 Å². The van der Waals surface area contributed by atoms with Gasteiger partial charge in [0.15, 0.2) is 9.84 Å². The molecule has 0 aliphatic heterocycles. The highest BCUT2D eigenvalue weighted by molar-refractivity contribution is 9.10. The zero-order valence-electron chi connectivity index (χ0n) is 6.78. The Hall–Kier alpha value is -0.360. The van der Waals surface area contributed by atoms with E-state index in [-0.39, 0.29) is 5.75 Å². The van der Waals surface area contributed by atoms with Crippen LogP contribution in [-0.2, 0) is 22.6 Å². The molecule has 0 saturated heterocycles. The van der Waals surface area contributed by atoms with Gasteiger partial charge in [-0.05, 0) is 15.9 Å². The highest BCUT2D eigenvalue weighted by Crippen LogP contribution is 2.11. The van der Waals surface area contributed by atoms with Crippen molar-refractivity contribution in [1.82, 2.24) is 9.55 Å². The number of hydrogen-bond donors (Lipinski definition) is 0. The monoisotopic (exact) mass is 252 g/mol. The minimum absolute atomic E-state index is 0.0188. The Morgan fingerprint density at radius 1 is 1.67 bits per heavy atom. The van der Waals surface area contributed by atoms with Gasteiger partial charge in [-0.15, -0.1) is 0 Å². The Bertz CT molecular complexity index is 382. The minimum Gasteiger partial charge on any atom is -0.325 e. The Morgan fingerprint density at radius 2 is 2.25 bits per heavy atom. The summed E-state index contributed by atoms with van der Waals surface area (Å²) in [7, 11) is -1.23. The largest absolute Gasteiger partial charge is 0.325 e. The van der Waals surface area contributed by atoms with E-state index in [9.17, 15) is 8.42 Å². The normalized spacial score (nSPS) is 11.9. The number of nitrogens with zero attached hydrogens (tertiary/aromatic N) is 2. The van der Waals surface area contributed by atoms with Crippen molar-refractivity contribution in [1.29, 1.82) is 0 Å². The number of hydrogen-bond acceptors (Lipinski definition) is 3. The van der Waals surface area contributed by atoms with Crippen molar-refractivity contribution < 1.29 is 8.42 Å². The standard InChI is InChI=1S/C6H9BrN2O2S/c1-9-5(7)3-8-6(9)4-12(2,10)11/h3H,4H2,1-2H3. The molecule has 0 saturated carbocycles. The van der Waals surface area contributed by atoms with Crippen LogP contribution in [0.3, 0.4) is 0 Å². The maximum Gasteiger partial charge on any atom is 0.154 e. The van der Waals surface area contributed by atoms with E-state index in [0.717, 1.165) is 4.60 Å². The molecule has 0 spiro atoms. The van der Waals surface area contributed by atoms with Crippen LogP contribution in [0.1, 0.15) is 5.82 Å². The van der Waals surface area contributed by atoms with Crippen LogP contribution in [0, 0.1) is 0 Å². The van der Waals surface area contributed by atoms with Crippen molar-refractivity contribution in [3.8, 4) is 0 Å². The van der Waals surface area contributed by atoms with Crippen LogP contribution in [0.2, 0.25) is 0 Å². The van der Waals surface area contributed by atoms with Gasteiger partial charge in [-0.25, -0.2) is 13.4 Å². The van der Waals surface area contributed by atoms with Crippen molar-refractivity contribution in [2.24, 2.45) is 7.05 Å². The summed E-state index contributed by atoms with van der Waals surface area (Å²) >= 11 is 3.23. The molecule has 1 aromatic rings. The summed E-state index contributed by atoms with van der Waals surface area (Å²) in [6.45, 7) is 0. The van der Waals surface area contributed by atoms with Gasteiger partial charge in [-0.3, -0.25) is 0 Å². The summed E-state index contributed by atoms with van der Waals surface area (Å²) in [5, 5.41) is 0. The third kappa shape index (κ3) is 2.31. The molecule has 0 amide bonds. The molecule has 0 aliphatic rings. The molecule has 0 atom stereocenters. The second kappa shape index (κ2) is 3.18. The fraction of sp³-hybridized carbons (Fsp3) is 0.500. The van der Waals surface area contributed by atoms with E-state index in [2.05, 4.69) is 20.9 Å². The molecule has 6 heteroatoms. The topological polar surface area (TPSA) is 52.0 Å². The Labute approximate surface area is 79.7 Å². The average Bonchev–Trinajstić information content (AvgIpc) is 2.16. The van der Waals surface area contributed by atoms with Gasteiger partial charge in [0.2, 0.25) is 0 Å². The number of halogens is 1. The van der Waals surface area contributed by atoms with E-state index < -0.39 is 9.84 Å². The smallest absolute Gasteiger partial charge is 0.154 e. The molecule has 1 heterocycles. The molecule has 12 heavy (non-hydrogen) atoms. The van der Waals surface area contributed by atoms with Crippen molar-refractivity contribution in [3.63, 3.8) is 0 Å². The third-order valence-corrected chi connectivity index (χ3v) is 2.94. The van der Waals surface area contributed by atoms with Crippen LogP contribution in [0.15, 0.2) is 10.8 Å². The molecule has 0 N–H and O–H groups in total. The first-order valence-corrected chi connectivity index (χ1v) is 6.09.